The van der Waals surface area contributed by atoms with Gasteiger partial charge in [-0.2, -0.15) is 0 Å². The Labute approximate surface area is 90.9 Å². The Bertz CT molecular complexity index is 377. The lowest BCUT2D eigenvalue weighted by molar-refractivity contribution is -0.147. The Morgan fingerprint density at radius 3 is 2.50 bits per heavy atom. The molecule has 0 bridgehead atoms. The van der Waals surface area contributed by atoms with Gasteiger partial charge in [0.1, 0.15) is 0 Å². The van der Waals surface area contributed by atoms with E-state index in [-0.39, 0.29) is 15.6 Å². The van der Waals surface area contributed by atoms with Gasteiger partial charge in [-0.05, 0) is 18.6 Å². The number of aliphatic hydroxyl groups is 1. The number of benzene rings is 1. The van der Waals surface area contributed by atoms with Crippen LogP contribution in [0.15, 0.2) is 12.1 Å². The molecule has 1 rings (SSSR count). The highest BCUT2D eigenvalue weighted by atomic mass is 35.5. The van der Waals surface area contributed by atoms with Crippen LogP contribution in [-0.4, -0.2) is 16.2 Å². The minimum Gasteiger partial charge on any atom is -0.479 e. The first kappa shape index (κ1) is 11.3. The molecule has 3 nitrogen and oxygen atoms in total. The molecule has 0 aromatic heterocycles. The van der Waals surface area contributed by atoms with Crippen LogP contribution in [0, 0.1) is 6.92 Å². The molecule has 0 saturated carbocycles. The van der Waals surface area contributed by atoms with E-state index in [2.05, 4.69) is 0 Å². The number of carboxylic acid groups (broad SMARTS) is 1. The lowest BCUT2D eigenvalue weighted by atomic mass is 10.0. The van der Waals surface area contributed by atoms with Crippen LogP contribution < -0.4 is 0 Å². The first-order valence-electron chi connectivity index (χ1n) is 3.80. The topological polar surface area (TPSA) is 57.5 Å². The van der Waals surface area contributed by atoms with Gasteiger partial charge in [-0.1, -0.05) is 29.3 Å². The van der Waals surface area contributed by atoms with E-state index in [4.69, 9.17) is 28.3 Å². The van der Waals surface area contributed by atoms with Crippen molar-refractivity contribution in [1.29, 1.82) is 0 Å². The van der Waals surface area contributed by atoms with Crippen LogP contribution in [0.3, 0.4) is 0 Å². The molecule has 0 saturated heterocycles. The maximum absolute atomic E-state index is 10.6. The number of aryl methyl sites for hydroxylation is 1. The summed E-state index contributed by atoms with van der Waals surface area (Å²) in [5.41, 5.74) is 0.737. The van der Waals surface area contributed by atoms with E-state index in [1.54, 1.807) is 19.1 Å². The van der Waals surface area contributed by atoms with Gasteiger partial charge in [0.05, 0.1) is 10.0 Å². The van der Waals surface area contributed by atoms with Crippen molar-refractivity contribution in [3.05, 3.63) is 33.3 Å². The summed E-state index contributed by atoms with van der Waals surface area (Å²) < 4.78 is 0. The van der Waals surface area contributed by atoms with E-state index in [1.165, 1.54) is 0 Å². The number of carboxylic acids is 1. The standard InChI is InChI=1S/C9H8Cl2O3/c1-4-2-3-5(10)7(11)6(4)8(12)9(13)14/h2-3,8,12H,1H3,(H,13,14). The molecule has 0 fully saturated rings. The van der Waals surface area contributed by atoms with E-state index in [0.29, 0.717) is 5.56 Å². The molecule has 0 aliphatic heterocycles. The predicted molar refractivity (Wildman–Crippen MR) is 53.8 cm³/mol. The zero-order chi connectivity index (χ0) is 10.9. The fraction of sp³-hybridized carbons (Fsp3) is 0.222. The predicted octanol–water partition coefficient (Wildman–Crippen LogP) is 2.42. The minimum absolute atomic E-state index is 0.0848. The highest BCUT2D eigenvalue weighted by Crippen LogP contribution is 2.32. The average Bonchev–Trinajstić information content (AvgIpc) is 2.12. The number of hydrogen-bond acceptors (Lipinski definition) is 2. The molecule has 2 N–H and O–H groups in total. The molecule has 0 spiro atoms. The second-order valence-electron chi connectivity index (χ2n) is 2.83. The van der Waals surface area contributed by atoms with Crippen LogP contribution >= 0.6 is 23.2 Å². The third-order valence-electron chi connectivity index (χ3n) is 1.86. The van der Waals surface area contributed by atoms with Crippen LogP contribution in [0.4, 0.5) is 0 Å². The number of aliphatic carboxylic acids is 1. The van der Waals surface area contributed by atoms with Gasteiger partial charge in [0, 0.05) is 5.56 Å². The van der Waals surface area contributed by atoms with Crippen molar-refractivity contribution >= 4 is 29.2 Å². The highest BCUT2D eigenvalue weighted by Gasteiger charge is 2.22. The highest BCUT2D eigenvalue weighted by molar-refractivity contribution is 6.42. The van der Waals surface area contributed by atoms with Gasteiger partial charge < -0.3 is 10.2 Å². The minimum atomic E-state index is -1.64. The smallest absolute Gasteiger partial charge is 0.337 e. The number of halogens is 2. The Morgan fingerprint density at radius 1 is 1.43 bits per heavy atom. The van der Waals surface area contributed by atoms with E-state index in [9.17, 15) is 9.90 Å². The zero-order valence-corrected chi connectivity index (χ0v) is 8.80. The molecule has 1 aromatic rings. The van der Waals surface area contributed by atoms with E-state index in [0.717, 1.165) is 0 Å². The molecule has 0 aliphatic carbocycles. The van der Waals surface area contributed by atoms with Crippen molar-refractivity contribution in [3.63, 3.8) is 0 Å². The molecule has 5 heteroatoms. The molecule has 1 unspecified atom stereocenters. The molecule has 14 heavy (non-hydrogen) atoms. The van der Waals surface area contributed by atoms with Gasteiger partial charge >= 0.3 is 5.97 Å². The van der Waals surface area contributed by atoms with Crippen LogP contribution in [0.1, 0.15) is 17.2 Å². The lowest BCUT2D eigenvalue weighted by Gasteiger charge is -2.12. The fourth-order valence-electron chi connectivity index (χ4n) is 1.12. The van der Waals surface area contributed by atoms with E-state index < -0.39 is 12.1 Å². The van der Waals surface area contributed by atoms with Crippen molar-refractivity contribution in [3.8, 4) is 0 Å². The fourth-order valence-corrected chi connectivity index (χ4v) is 1.60. The summed E-state index contributed by atoms with van der Waals surface area (Å²) >= 11 is 11.5. The summed E-state index contributed by atoms with van der Waals surface area (Å²) in [6, 6.07) is 3.16. The Balaban J connectivity index is 3.32. The van der Waals surface area contributed by atoms with Crippen molar-refractivity contribution < 1.29 is 15.0 Å². The van der Waals surface area contributed by atoms with Gasteiger partial charge in [0.15, 0.2) is 6.10 Å². The maximum Gasteiger partial charge on any atom is 0.337 e. The first-order valence-corrected chi connectivity index (χ1v) is 4.56. The summed E-state index contributed by atoms with van der Waals surface area (Å²) in [7, 11) is 0. The summed E-state index contributed by atoms with van der Waals surface area (Å²) in [6.07, 6.45) is -1.64. The van der Waals surface area contributed by atoms with Crippen molar-refractivity contribution in [2.24, 2.45) is 0 Å². The molecular weight excluding hydrogens is 227 g/mol. The van der Waals surface area contributed by atoms with Gasteiger partial charge in [0.2, 0.25) is 0 Å². The molecule has 0 radical (unpaired) electrons. The van der Waals surface area contributed by atoms with Crippen LogP contribution in [0.25, 0.3) is 0 Å². The Hall–Kier alpha value is -0.770. The first-order chi connectivity index (χ1) is 6.45. The normalized spacial score (nSPS) is 12.6. The van der Waals surface area contributed by atoms with Gasteiger partial charge in [-0.15, -0.1) is 0 Å². The largest absolute Gasteiger partial charge is 0.479 e. The molecule has 76 valence electrons. The van der Waals surface area contributed by atoms with Crippen LogP contribution in [0.5, 0.6) is 0 Å². The number of hydrogen-bond donors (Lipinski definition) is 2. The Kier molecular flexibility index (Phi) is 3.37. The Morgan fingerprint density at radius 2 is 2.00 bits per heavy atom. The maximum atomic E-state index is 10.6. The monoisotopic (exact) mass is 234 g/mol. The summed E-state index contributed by atoms with van der Waals surface area (Å²) in [4.78, 5) is 10.6. The summed E-state index contributed by atoms with van der Waals surface area (Å²) in [5.74, 6) is -1.35. The van der Waals surface area contributed by atoms with Gasteiger partial charge in [0.25, 0.3) is 0 Å². The van der Waals surface area contributed by atoms with Crippen molar-refractivity contribution in [2.75, 3.05) is 0 Å². The number of carbonyl (C=O) groups is 1. The molecule has 1 aromatic carbocycles. The van der Waals surface area contributed by atoms with E-state index in [1.807, 2.05) is 0 Å². The lowest BCUT2D eigenvalue weighted by Crippen LogP contribution is -2.12. The SMILES string of the molecule is Cc1ccc(Cl)c(Cl)c1C(O)C(=O)O. The summed E-state index contributed by atoms with van der Waals surface area (Å²) in [6.45, 7) is 1.66. The van der Waals surface area contributed by atoms with Crippen LogP contribution in [0.2, 0.25) is 10.0 Å². The van der Waals surface area contributed by atoms with Gasteiger partial charge in [-0.3, -0.25) is 0 Å². The third kappa shape index (κ3) is 2.00. The molecule has 0 heterocycles. The quantitative estimate of drug-likeness (QED) is 0.827. The molecular formula is C9H8Cl2O3. The number of rotatable bonds is 2. The molecule has 0 amide bonds. The third-order valence-corrected chi connectivity index (χ3v) is 2.68. The average molecular weight is 235 g/mol. The van der Waals surface area contributed by atoms with Crippen molar-refractivity contribution in [1.82, 2.24) is 0 Å². The molecule has 0 aliphatic rings. The van der Waals surface area contributed by atoms with Crippen LogP contribution in [-0.2, 0) is 4.79 Å². The second-order valence-corrected chi connectivity index (χ2v) is 3.62. The van der Waals surface area contributed by atoms with Gasteiger partial charge in [-0.25, -0.2) is 4.79 Å². The number of aliphatic hydroxyl groups excluding tert-OH is 1. The van der Waals surface area contributed by atoms with Crippen molar-refractivity contribution in [2.45, 2.75) is 13.0 Å². The second kappa shape index (κ2) is 4.17. The zero-order valence-electron chi connectivity index (χ0n) is 7.29. The summed E-state index contributed by atoms with van der Waals surface area (Å²) in [5, 5.41) is 18.3. The van der Waals surface area contributed by atoms with E-state index >= 15 is 0 Å². The molecule has 1 atom stereocenters.